The first-order valence-electron chi connectivity index (χ1n) is 7.57. The summed E-state index contributed by atoms with van der Waals surface area (Å²) in [7, 11) is 0. The second-order valence-electron chi connectivity index (χ2n) is 5.71. The molecule has 0 spiro atoms. The van der Waals surface area contributed by atoms with Crippen molar-refractivity contribution in [1.29, 1.82) is 5.26 Å². The molecule has 2 unspecified atom stereocenters. The van der Waals surface area contributed by atoms with Crippen molar-refractivity contribution in [3.63, 3.8) is 0 Å². The number of nitrogens with one attached hydrogen (secondary N) is 2. The van der Waals surface area contributed by atoms with Crippen LogP contribution in [0.25, 0.3) is 0 Å². The van der Waals surface area contributed by atoms with Gasteiger partial charge < -0.3 is 15.7 Å². The van der Waals surface area contributed by atoms with Gasteiger partial charge in [0.2, 0.25) is 0 Å². The van der Waals surface area contributed by atoms with Crippen LogP contribution >= 0.6 is 0 Å². The van der Waals surface area contributed by atoms with Crippen LogP contribution in [0.1, 0.15) is 32.6 Å². The Morgan fingerprint density at radius 1 is 1.41 bits per heavy atom. The smallest absolute Gasteiger partial charge is 0.267 e. The van der Waals surface area contributed by atoms with Crippen LogP contribution in [0.15, 0.2) is 36.0 Å². The maximum absolute atomic E-state index is 12.1. The number of anilines is 1. The molecule has 3 N–H and O–H groups in total. The largest absolute Gasteiger partial charge is 0.508 e. The van der Waals surface area contributed by atoms with E-state index in [1.54, 1.807) is 12.1 Å². The van der Waals surface area contributed by atoms with E-state index in [0.717, 1.165) is 6.42 Å². The summed E-state index contributed by atoms with van der Waals surface area (Å²) < 4.78 is 0. The van der Waals surface area contributed by atoms with Crippen molar-refractivity contribution in [2.45, 2.75) is 38.6 Å². The lowest BCUT2D eigenvalue weighted by atomic mass is 9.86. The van der Waals surface area contributed by atoms with Crippen molar-refractivity contribution in [1.82, 2.24) is 5.32 Å². The van der Waals surface area contributed by atoms with Crippen LogP contribution in [0.2, 0.25) is 0 Å². The van der Waals surface area contributed by atoms with Gasteiger partial charge in [0.15, 0.2) is 0 Å². The normalized spacial score (nSPS) is 21.7. The zero-order valence-corrected chi connectivity index (χ0v) is 12.7. The topological polar surface area (TPSA) is 85.2 Å². The number of hydrogen-bond acceptors (Lipinski definition) is 4. The number of nitriles is 1. The fourth-order valence-corrected chi connectivity index (χ4v) is 2.68. The maximum atomic E-state index is 12.1. The summed E-state index contributed by atoms with van der Waals surface area (Å²) in [5.41, 5.74) is 0.485. The lowest BCUT2D eigenvalue weighted by Crippen LogP contribution is -2.34. The number of nitrogens with zero attached hydrogens (tertiary/aromatic N) is 1. The number of phenols is 1. The van der Waals surface area contributed by atoms with E-state index in [2.05, 4.69) is 17.6 Å². The van der Waals surface area contributed by atoms with Crippen LogP contribution < -0.4 is 10.6 Å². The first-order valence-corrected chi connectivity index (χ1v) is 7.57. The molecule has 0 saturated heterocycles. The summed E-state index contributed by atoms with van der Waals surface area (Å²) in [5.74, 6) is 0.123. The summed E-state index contributed by atoms with van der Waals surface area (Å²) in [5, 5.41) is 24.3. The van der Waals surface area contributed by atoms with Gasteiger partial charge in [-0.3, -0.25) is 4.79 Å². The van der Waals surface area contributed by atoms with E-state index in [-0.39, 0.29) is 11.3 Å². The van der Waals surface area contributed by atoms with Crippen LogP contribution in [0.5, 0.6) is 5.75 Å². The van der Waals surface area contributed by atoms with Gasteiger partial charge >= 0.3 is 0 Å². The molecule has 0 heterocycles. The molecule has 2 rings (SSSR count). The Balaban J connectivity index is 1.99. The average Bonchev–Trinajstić information content (AvgIpc) is 2.49. The minimum Gasteiger partial charge on any atom is -0.508 e. The van der Waals surface area contributed by atoms with Crippen molar-refractivity contribution in [2.24, 2.45) is 5.92 Å². The van der Waals surface area contributed by atoms with E-state index in [0.29, 0.717) is 17.6 Å². The highest BCUT2D eigenvalue weighted by atomic mass is 16.3. The third kappa shape index (κ3) is 4.26. The van der Waals surface area contributed by atoms with Crippen LogP contribution in [-0.4, -0.2) is 17.1 Å². The molecular weight excluding hydrogens is 278 g/mol. The molecule has 22 heavy (non-hydrogen) atoms. The Morgan fingerprint density at radius 2 is 2.18 bits per heavy atom. The molecule has 1 aliphatic carbocycles. The van der Waals surface area contributed by atoms with E-state index in [9.17, 15) is 9.90 Å². The minimum absolute atomic E-state index is 0.0288. The lowest BCUT2D eigenvalue weighted by molar-refractivity contribution is -0.112. The summed E-state index contributed by atoms with van der Waals surface area (Å²) in [6, 6.07) is 8.46. The molecule has 116 valence electrons. The molecule has 5 heteroatoms. The average molecular weight is 299 g/mol. The summed E-state index contributed by atoms with van der Waals surface area (Å²) in [4.78, 5) is 12.1. The van der Waals surface area contributed by atoms with Gasteiger partial charge in [-0.15, -0.1) is 0 Å². The maximum Gasteiger partial charge on any atom is 0.267 e. The molecule has 1 amide bonds. The zero-order valence-electron chi connectivity index (χ0n) is 12.7. The number of aromatic hydroxyl groups is 1. The predicted molar refractivity (Wildman–Crippen MR) is 85.0 cm³/mol. The molecule has 1 aliphatic rings. The Labute approximate surface area is 130 Å². The number of benzene rings is 1. The van der Waals surface area contributed by atoms with Gasteiger partial charge in [-0.2, -0.15) is 5.26 Å². The van der Waals surface area contributed by atoms with E-state index in [1.165, 1.54) is 37.6 Å². The molecule has 0 aromatic heterocycles. The molecule has 2 atom stereocenters. The summed E-state index contributed by atoms with van der Waals surface area (Å²) >= 11 is 0. The van der Waals surface area contributed by atoms with Gasteiger partial charge in [-0.1, -0.05) is 25.8 Å². The monoisotopic (exact) mass is 299 g/mol. The van der Waals surface area contributed by atoms with E-state index in [1.807, 2.05) is 6.07 Å². The lowest BCUT2D eigenvalue weighted by Gasteiger charge is -2.29. The molecule has 0 bridgehead atoms. The number of amides is 1. The molecule has 1 aromatic carbocycles. The standard InChI is InChI=1S/C17H21N3O2/c1-12-5-2-3-8-16(12)19-11-13(10-18)17(22)20-14-6-4-7-15(21)9-14/h4,6-7,9,11-12,16,19,21H,2-3,5,8H2,1H3,(H,20,22)/b13-11-. The second kappa shape index (κ2) is 7.51. The van der Waals surface area contributed by atoms with Crippen molar-refractivity contribution < 1.29 is 9.90 Å². The molecule has 1 fully saturated rings. The van der Waals surface area contributed by atoms with Gasteiger partial charge in [0.05, 0.1) is 0 Å². The van der Waals surface area contributed by atoms with Crippen LogP contribution in [0.4, 0.5) is 5.69 Å². The van der Waals surface area contributed by atoms with Crippen LogP contribution in [0, 0.1) is 17.2 Å². The second-order valence-corrected chi connectivity index (χ2v) is 5.71. The van der Waals surface area contributed by atoms with Crippen molar-refractivity contribution >= 4 is 11.6 Å². The Bertz CT molecular complexity index is 604. The van der Waals surface area contributed by atoms with Gasteiger partial charge in [0.1, 0.15) is 17.4 Å². The van der Waals surface area contributed by atoms with Gasteiger partial charge in [-0.25, -0.2) is 0 Å². The highest BCUT2D eigenvalue weighted by molar-refractivity contribution is 6.06. The Kier molecular flexibility index (Phi) is 5.42. The number of phenolic OH excluding ortho intramolecular Hbond substituents is 1. The fourth-order valence-electron chi connectivity index (χ4n) is 2.68. The van der Waals surface area contributed by atoms with Crippen molar-refractivity contribution in [3.8, 4) is 11.8 Å². The highest BCUT2D eigenvalue weighted by Crippen LogP contribution is 2.23. The molecule has 0 aliphatic heterocycles. The number of carbonyl (C=O) groups excluding carboxylic acids is 1. The van der Waals surface area contributed by atoms with E-state index in [4.69, 9.17) is 5.26 Å². The molecular formula is C17H21N3O2. The first kappa shape index (κ1) is 15.9. The Hall–Kier alpha value is -2.48. The van der Waals surface area contributed by atoms with Gasteiger partial charge in [0, 0.05) is 24.0 Å². The highest BCUT2D eigenvalue weighted by Gasteiger charge is 2.20. The first-order chi connectivity index (χ1) is 10.6. The molecule has 1 saturated carbocycles. The van der Waals surface area contributed by atoms with Gasteiger partial charge in [0.25, 0.3) is 5.91 Å². The van der Waals surface area contributed by atoms with Crippen LogP contribution in [-0.2, 0) is 4.79 Å². The van der Waals surface area contributed by atoms with E-state index < -0.39 is 5.91 Å². The number of carbonyl (C=O) groups is 1. The predicted octanol–water partition coefficient (Wildman–Crippen LogP) is 2.91. The zero-order chi connectivity index (χ0) is 15.9. The fraction of sp³-hybridized carbons (Fsp3) is 0.412. The SMILES string of the molecule is CC1CCCCC1N/C=C(/C#N)C(=O)Nc1cccc(O)c1. The summed E-state index contributed by atoms with van der Waals surface area (Å²) in [6.07, 6.45) is 6.15. The minimum atomic E-state index is -0.482. The third-order valence-corrected chi connectivity index (χ3v) is 4.02. The number of rotatable bonds is 4. The van der Waals surface area contributed by atoms with Gasteiger partial charge in [-0.05, 0) is 30.9 Å². The molecule has 1 aromatic rings. The van der Waals surface area contributed by atoms with Crippen molar-refractivity contribution in [3.05, 3.63) is 36.0 Å². The molecule has 5 nitrogen and oxygen atoms in total. The Morgan fingerprint density at radius 3 is 2.86 bits per heavy atom. The van der Waals surface area contributed by atoms with Crippen LogP contribution in [0.3, 0.4) is 0 Å². The van der Waals surface area contributed by atoms with Crippen molar-refractivity contribution in [2.75, 3.05) is 5.32 Å². The summed E-state index contributed by atoms with van der Waals surface area (Å²) in [6.45, 7) is 2.18. The number of hydrogen-bond donors (Lipinski definition) is 3. The van der Waals surface area contributed by atoms with E-state index >= 15 is 0 Å². The molecule has 0 radical (unpaired) electrons. The third-order valence-electron chi connectivity index (χ3n) is 4.02. The quantitative estimate of drug-likeness (QED) is 0.589.